The largest absolute Gasteiger partial charge is 0.292 e. The van der Waals surface area contributed by atoms with Gasteiger partial charge in [-0.1, -0.05) is 47.7 Å². The first kappa shape index (κ1) is 13.0. The van der Waals surface area contributed by atoms with Crippen molar-refractivity contribution < 1.29 is 4.79 Å². The van der Waals surface area contributed by atoms with Crippen molar-refractivity contribution in [2.24, 2.45) is 7.05 Å². The van der Waals surface area contributed by atoms with Crippen LogP contribution in [0.3, 0.4) is 0 Å². The lowest BCUT2D eigenvalue weighted by Crippen LogP contribution is -2.10. The maximum absolute atomic E-state index is 12.4. The molecule has 0 unspecified atom stereocenters. The number of hydrogen-bond acceptors (Lipinski definition) is 3. The van der Waals surface area contributed by atoms with E-state index < -0.39 is 0 Å². The number of Topliss-reactive ketones (excluding diaryl/α,β-unsaturated/α-hetero) is 1. The van der Waals surface area contributed by atoms with Crippen molar-refractivity contribution in [3.05, 3.63) is 58.3 Å². The number of ketones is 1. The van der Waals surface area contributed by atoms with Crippen LogP contribution in [-0.4, -0.2) is 20.8 Å². The third kappa shape index (κ3) is 2.25. The summed E-state index contributed by atoms with van der Waals surface area (Å²) >= 11 is 3.27. The lowest BCUT2D eigenvalue weighted by molar-refractivity contribution is 0.0983. The Kier molecular flexibility index (Phi) is 3.36. The molecule has 0 aliphatic rings. The summed E-state index contributed by atoms with van der Waals surface area (Å²) in [7, 11) is 1.72. The number of nitrogens with zero attached hydrogens (tertiary/aromatic N) is 3. The molecule has 0 saturated carbocycles. The number of aromatic nitrogens is 3. The normalized spacial score (nSPS) is 10.9. The van der Waals surface area contributed by atoms with Crippen LogP contribution in [0.25, 0.3) is 10.8 Å². The summed E-state index contributed by atoms with van der Waals surface area (Å²) in [6, 6.07) is 14.1. The topological polar surface area (TPSA) is 47.8 Å². The van der Waals surface area contributed by atoms with Gasteiger partial charge in [0.1, 0.15) is 5.69 Å². The maximum Gasteiger partial charge on any atom is 0.188 e. The first-order chi connectivity index (χ1) is 9.66. The molecule has 3 rings (SSSR count). The Morgan fingerprint density at radius 2 is 1.95 bits per heavy atom. The fourth-order valence-corrected chi connectivity index (χ4v) is 2.88. The second-order valence-electron chi connectivity index (χ2n) is 4.59. The maximum atomic E-state index is 12.4. The quantitative estimate of drug-likeness (QED) is 0.693. The molecule has 0 saturated heterocycles. The van der Waals surface area contributed by atoms with E-state index in [0.717, 1.165) is 16.3 Å². The van der Waals surface area contributed by atoms with Crippen LogP contribution >= 0.6 is 15.9 Å². The van der Waals surface area contributed by atoms with E-state index in [9.17, 15) is 4.79 Å². The molecule has 0 radical (unpaired) electrons. The predicted octanol–water partition coefficient (Wildman–Crippen LogP) is 3.16. The van der Waals surface area contributed by atoms with E-state index in [1.165, 1.54) is 4.68 Å². The van der Waals surface area contributed by atoms with Gasteiger partial charge in [-0.2, -0.15) is 0 Å². The first-order valence-corrected chi connectivity index (χ1v) is 7.01. The third-order valence-corrected chi connectivity index (χ3v) is 3.81. The lowest BCUT2D eigenvalue weighted by atomic mass is 10.00. The molecule has 0 bridgehead atoms. The molecule has 3 aromatic rings. The summed E-state index contributed by atoms with van der Waals surface area (Å²) in [5, 5.41) is 9.94. The van der Waals surface area contributed by atoms with E-state index in [-0.39, 0.29) is 5.78 Å². The van der Waals surface area contributed by atoms with Crippen molar-refractivity contribution in [3.63, 3.8) is 0 Å². The Morgan fingerprint density at radius 1 is 1.20 bits per heavy atom. The second-order valence-corrected chi connectivity index (χ2v) is 5.34. The predicted molar refractivity (Wildman–Crippen MR) is 80.7 cm³/mol. The number of carbonyl (C=O) groups excluding carboxylic acids is 1. The van der Waals surface area contributed by atoms with Gasteiger partial charge in [0, 0.05) is 13.5 Å². The second kappa shape index (κ2) is 5.17. The Labute approximate surface area is 124 Å². The molecule has 0 N–H and O–H groups in total. The molecule has 0 fully saturated rings. The van der Waals surface area contributed by atoms with Gasteiger partial charge in [0.15, 0.2) is 10.4 Å². The van der Waals surface area contributed by atoms with Crippen LogP contribution in [0.1, 0.15) is 16.1 Å². The highest BCUT2D eigenvalue weighted by Gasteiger charge is 2.17. The van der Waals surface area contributed by atoms with Gasteiger partial charge in [-0.25, -0.2) is 4.68 Å². The molecule has 2 aromatic carbocycles. The number of carbonyl (C=O) groups is 1. The van der Waals surface area contributed by atoms with Gasteiger partial charge in [0.2, 0.25) is 0 Å². The van der Waals surface area contributed by atoms with Crippen molar-refractivity contribution in [2.75, 3.05) is 0 Å². The van der Waals surface area contributed by atoms with E-state index >= 15 is 0 Å². The molecule has 100 valence electrons. The van der Waals surface area contributed by atoms with Gasteiger partial charge < -0.3 is 0 Å². The van der Waals surface area contributed by atoms with Gasteiger partial charge in [-0.15, -0.1) is 5.10 Å². The Bertz CT molecular complexity index is 770. The molecule has 4 nitrogen and oxygen atoms in total. The standard InChI is InChI=1S/C15H12BrN3O/c1-19-14(15(16)17-18-19)13(20)9-11-7-4-6-10-5-2-3-8-12(10)11/h2-8H,9H2,1H3. The molecule has 5 heteroatoms. The van der Waals surface area contributed by atoms with Crippen molar-refractivity contribution in [2.45, 2.75) is 6.42 Å². The summed E-state index contributed by atoms with van der Waals surface area (Å²) in [6.45, 7) is 0. The number of rotatable bonds is 3. The Morgan fingerprint density at radius 3 is 2.70 bits per heavy atom. The fourth-order valence-electron chi connectivity index (χ4n) is 2.33. The molecule has 0 aliphatic heterocycles. The van der Waals surface area contributed by atoms with E-state index in [4.69, 9.17) is 0 Å². The lowest BCUT2D eigenvalue weighted by Gasteiger charge is -2.06. The van der Waals surface area contributed by atoms with E-state index in [1.54, 1.807) is 7.05 Å². The number of halogens is 1. The Hall–Kier alpha value is -2.01. The first-order valence-electron chi connectivity index (χ1n) is 6.22. The van der Waals surface area contributed by atoms with E-state index in [2.05, 4.69) is 26.2 Å². The SMILES string of the molecule is Cn1nnc(Br)c1C(=O)Cc1cccc2ccccc12. The molecule has 1 heterocycles. The molecule has 0 atom stereocenters. The highest BCUT2D eigenvalue weighted by atomic mass is 79.9. The van der Waals surface area contributed by atoms with Crippen LogP contribution in [0.4, 0.5) is 0 Å². The summed E-state index contributed by atoms with van der Waals surface area (Å²) in [6.07, 6.45) is 0.334. The van der Waals surface area contributed by atoms with Crippen LogP contribution < -0.4 is 0 Å². The highest BCUT2D eigenvalue weighted by molar-refractivity contribution is 9.10. The smallest absolute Gasteiger partial charge is 0.188 e. The van der Waals surface area contributed by atoms with E-state index in [0.29, 0.717) is 16.7 Å². The van der Waals surface area contributed by atoms with Gasteiger partial charge in [-0.3, -0.25) is 4.79 Å². The van der Waals surface area contributed by atoms with Crippen molar-refractivity contribution in [1.82, 2.24) is 15.0 Å². The third-order valence-electron chi connectivity index (χ3n) is 3.28. The Balaban J connectivity index is 2.00. The van der Waals surface area contributed by atoms with Crippen molar-refractivity contribution in [3.8, 4) is 0 Å². The summed E-state index contributed by atoms with van der Waals surface area (Å²) < 4.78 is 1.99. The minimum absolute atomic E-state index is 0.000674. The van der Waals surface area contributed by atoms with Crippen LogP contribution in [0.5, 0.6) is 0 Å². The zero-order valence-corrected chi connectivity index (χ0v) is 12.5. The van der Waals surface area contributed by atoms with Gasteiger partial charge >= 0.3 is 0 Å². The zero-order valence-electron chi connectivity index (χ0n) is 10.9. The van der Waals surface area contributed by atoms with Gasteiger partial charge in [-0.05, 0) is 32.3 Å². The number of hydrogen-bond donors (Lipinski definition) is 0. The average Bonchev–Trinajstić information content (AvgIpc) is 2.78. The average molecular weight is 330 g/mol. The zero-order chi connectivity index (χ0) is 14.1. The molecule has 0 spiro atoms. The fraction of sp³-hybridized carbons (Fsp3) is 0.133. The van der Waals surface area contributed by atoms with Crippen LogP contribution in [0, 0.1) is 0 Å². The van der Waals surface area contributed by atoms with Gasteiger partial charge in [0.25, 0.3) is 0 Å². The number of fused-ring (bicyclic) bond motifs is 1. The molecule has 20 heavy (non-hydrogen) atoms. The summed E-state index contributed by atoms with van der Waals surface area (Å²) in [5.74, 6) is 0.000674. The molecule has 0 aliphatic carbocycles. The van der Waals surface area contributed by atoms with Crippen molar-refractivity contribution >= 4 is 32.5 Å². The summed E-state index contributed by atoms with van der Waals surface area (Å²) in [5.41, 5.74) is 1.51. The molecule has 0 amide bonds. The number of aryl methyl sites for hydroxylation is 1. The van der Waals surface area contributed by atoms with Gasteiger partial charge in [0.05, 0.1) is 0 Å². The van der Waals surface area contributed by atoms with Crippen LogP contribution in [0.15, 0.2) is 47.1 Å². The molecule has 1 aromatic heterocycles. The molecular weight excluding hydrogens is 318 g/mol. The minimum Gasteiger partial charge on any atom is -0.292 e. The number of benzene rings is 2. The minimum atomic E-state index is 0.000674. The van der Waals surface area contributed by atoms with Crippen LogP contribution in [-0.2, 0) is 13.5 Å². The monoisotopic (exact) mass is 329 g/mol. The van der Waals surface area contributed by atoms with E-state index in [1.807, 2.05) is 42.5 Å². The highest BCUT2D eigenvalue weighted by Crippen LogP contribution is 2.21. The summed E-state index contributed by atoms with van der Waals surface area (Å²) in [4.78, 5) is 12.4. The van der Waals surface area contributed by atoms with Crippen molar-refractivity contribution in [1.29, 1.82) is 0 Å². The van der Waals surface area contributed by atoms with Crippen LogP contribution in [0.2, 0.25) is 0 Å². The molecular formula is C15H12BrN3O.